The highest BCUT2D eigenvalue weighted by Gasteiger charge is 2.27. The van der Waals surface area contributed by atoms with Gasteiger partial charge in [-0.25, -0.2) is 0 Å². The molecule has 1 aliphatic rings. The lowest BCUT2D eigenvalue weighted by Crippen LogP contribution is -2.44. The summed E-state index contributed by atoms with van der Waals surface area (Å²) in [6.45, 7) is 10.6. The molecule has 1 saturated carbocycles. The van der Waals surface area contributed by atoms with Gasteiger partial charge in [0.25, 0.3) is 0 Å². The van der Waals surface area contributed by atoms with Gasteiger partial charge >= 0.3 is 0 Å². The summed E-state index contributed by atoms with van der Waals surface area (Å²) in [5.74, 6) is 0.939. The topological polar surface area (TPSA) is 39.1 Å². The van der Waals surface area contributed by atoms with E-state index >= 15 is 0 Å². The molecule has 0 aromatic rings. The maximum atomic E-state index is 9.22. The number of nitrogens with one attached hydrogen (secondary N) is 1. The van der Waals surface area contributed by atoms with Crippen molar-refractivity contribution in [3.8, 4) is 6.07 Å². The highest BCUT2D eigenvalue weighted by atomic mass is 15.1. The smallest absolute Gasteiger partial charge is 0.105 e. The molecule has 0 amide bonds. The summed E-state index contributed by atoms with van der Waals surface area (Å²) in [6.07, 6.45) is 4.94. The van der Waals surface area contributed by atoms with Crippen molar-refractivity contribution in [3.05, 3.63) is 0 Å². The number of rotatable bonds is 9. The molecule has 1 atom stereocenters. The summed E-state index contributed by atoms with van der Waals surface area (Å²) in [5, 5.41) is 12.5. The van der Waals surface area contributed by atoms with Crippen LogP contribution in [0.15, 0.2) is 0 Å². The van der Waals surface area contributed by atoms with Crippen molar-refractivity contribution in [3.63, 3.8) is 0 Å². The Bertz CT molecular complexity index is 255. The van der Waals surface area contributed by atoms with Gasteiger partial charge in [0.1, 0.15) is 5.54 Å². The van der Waals surface area contributed by atoms with Crippen LogP contribution in [-0.2, 0) is 0 Å². The van der Waals surface area contributed by atoms with Gasteiger partial charge in [-0.3, -0.25) is 5.32 Å². The predicted octanol–water partition coefficient (Wildman–Crippen LogP) is 2.39. The van der Waals surface area contributed by atoms with Crippen molar-refractivity contribution >= 4 is 0 Å². The summed E-state index contributed by atoms with van der Waals surface area (Å²) in [4.78, 5) is 2.53. The van der Waals surface area contributed by atoms with E-state index in [-0.39, 0.29) is 5.54 Å². The molecule has 1 aliphatic carbocycles. The average molecular weight is 237 g/mol. The molecule has 1 N–H and O–H groups in total. The lowest BCUT2D eigenvalue weighted by Gasteiger charge is -2.28. The van der Waals surface area contributed by atoms with Gasteiger partial charge in [-0.2, -0.15) is 5.26 Å². The maximum Gasteiger partial charge on any atom is 0.105 e. The summed E-state index contributed by atoms with van der Waals surface area (Å²) < 4.78 is 0. The van der Waals surface area contributed by atoms with Gasteiger partial charge in [0.05, 0.1) is 6.07 Å². The average Bonchev–Trinajstić information content (AvgIpc) is 3.11. The van der Waals surface area contributed by atoms with Crippen LogP contribution < -0.4 is 5.32 Å². The zero-order chi connectivity index (χ0) is 12.7. The Labute approximate surface area is 106 Å². The molecule has 1 fully saturated rings. The molecular weight excluding hydrogens is 210 g/mol. The van der Waals surface area contributed by atoms with Crippen LogP contribution in [0, 0.1) is 17.2 Å². The fraction of sp³-hybridized carbons (Fsp3) is 0.929. The Morgan fingerprint density at radius 1 is 1.35 bits per heavy atom. The molecule has 3 nitrogen and oxygen atoms in total. The van der Waals surface area contributed by atoms with Gasteiger partial charge < -0.3 is 4.90 Å². The summed E-state index contributed by atoms with van der Waals surface area (Å²) in [7, 11) is 0. The lowest BCUT2D eigenvalue weighted by molar-refractivity contribution is 0.237. The quantitative estimate of drug-likeness (QED) is 0.669. The van der Waals surface area contributed by atoms with E-state index in [1.807, 2.05) is 6.92 Å². The number of nitrogens with zero attached hydrogens (tertiary/aromatic N) is 2. The zero-order valence-corrected chi connectivity index (χ0v) is 11.6. The first-order valence-corrected chi connectivity index (χ1v) is 7.02. The molecule has 98 valence electrons. The Balaban J connectivity index is 2.35. The van der Waals surface area contributed by atoms with E-state index in [9.17, 15) is 5.26 Å². The molecule has 0 aromatic carbocycles. The Morgan fingerprint density at radius 2 is 2.06 bits per heavy atom. The first kappa shape index (κ1) is 14.5. The fourth-order valence-corrected chi connectivity index (χ4v) is 2.23. The third-order valence-corrected chi connectivity index (χ3v) is 3.49. The first-order valence-electron chi connectivity index (χ1n) is 7.02. The molecule has 0 aliphatic heterocycles. The Morgan fingerprint density at radius 3 is 2.53 bits per heavy atom. The predicted molar refractivity (Wildman–Crippen MR) is 71.8 cm³/mol. The van der Waals surface area contributed by atoms with Crippen molar-refractivity contribution in [1.82, 2.24) is 10.2 Å². The molecule has 0 heterocycles. The van der Waals surface area contributed by atoms with Crippen molar-refractivity contribution in [2.45, 2.75) is 52.0 Å². The molecule has 0 spiro atoms. The molecule has 17 heavy (non-hydrogen) atoms. The molecule has 0 radical (unpaired) electrons. The van der Waals surface area contributed by atoms with E-state index < -0.39 is 0 Å². The van der Waals surface area contributed by atoms with Gasteiger partial charge in [-0.15, -0.1) is 0 Å². The van der Waals surface area contributed by atoms with E-state index in [2.05, 4.69) is 30.1 Å². The third-order valence-electron chi connectivity index (χ3n) is 3.49. The second-order valence-corrected chi connectivity index (χ2v) is 5.47. The molecule has 0 aromatic heterocycles. The van der Waals surface area contributed by atoms with E-state index in [1.54, 1.807) is 0 Å². The number of hydrogen-bond acceptors (Lipinski definition) is 3. The van der Waals surface area contributed by atoms with E-state index in [1.165, 1.54) is 32.4 Å². The molecule has 0 saturated heterocycles. The van der Waals surface area contributed by atoms with Crippen molar-refractivity contribution in [1.29, 1.82) is 5.26 Å². The van der Waals surface area contributed by atoms with E-state index in [4.69, 9.17) is 0 Å². The number of nitriles is 1. The standard InChI is InChI=1S/C14H27N3/c1-4-9-17(11-13-6-7-13)10-8-14(3,12-15)16-5-2/h13,16H,4-11H2,1-3H3. The molecule has 1 rings (SSSR count). The summed E-state index contributed by atoms with van der Waals surface area (Å²) in [5.41, 5.74) is -0.357. The SMILES string of the molecule is CCCN(CCC(C)(C#N)NCC)CC1CC1. The van der Waals surface area contributed by atoms with Gasteiger partial charge in [0.15, 0.2) is 0 Å². The molecular formula is C14H27N3. The summed E-state index contributed by atoms with van der Waals surface area (Å²) in [6, 6.07) is 2.41. The highest BCUT2D eigenvalue weighted by molar-refractivity contribution is 5.03. The minimum absolute atomic E-state index is 0.357. The van der Waals surface area contributed by atoms with Crippen molar-refractivity contribution < 1.29 is 0 Å². The lowest BCUT2D eigenvalue weighted by atomic mass is 9.99. The van der Waals surface area contributed by atoms with Crippen molar-refractivity contribution in [2.75, 3.05) is 26.2 Å². The highest BCUT2D eigenvalue weighted by Crippen LogP contribution is 2.30. The Hall–Kier alpha value is -0.590. The molecule has 0 bridgehead atoms. The van der Waals surface area contributed by atoms with Crippen LogP contribution in [0.1, 0.15) is 46.5 Å². The van der Waals surface area contributed by atoms with Crippen LogP contribution >= 0.6 is 0 Å². The van der Waals surface area contributed by atoms with Crippen LogP contribution in [0.25, 0.3) is 0 Å². The van der Waals surface area contributed by atoms with Gasteiger partial charge in [0, 0.05) is 13.1 Å². The third kappa shape index (κ3) is 5.52. The summed E-state index contributed by atoms with van der Waals surface area (Å²) >= 11 is 0. The monoisotopic (exact) mass is 237 g/mol. The first-order chi connectivity index (χ1) is 8.13. The molecule has 3 heteroatoms. The second-order valence-electron chi connectivity index (χ2n) is 5.47. The van der Waals surface area contributed by atoms with Gasteiger partial charge in [0.2, 0.25) is 0 Å². The fourth-order valence-electron chi connectivity index (χ4n) is 2.23. The maximum absolute atomic E-state index is 9.22. The largest absolute Gasteiger partial charge is 0.303 e. The van der Waals surface area contributed by atoms with E-state index in [0.717, 1.165) is 25.4 Å². The number of hydrogen-bond donors (Lipinski definition) is 1. The minimum atomic E-state index is -0.357. The van der Waals surface area contributed by atoms with Gasteiger partial charge in [-0.05, 0) is 51.6 Å². The Kier molecular flexibility index (Phi) is 5.94. The normalized spacial score (nSPS) is 19.0. The molecule has 1 unspecified atom stereocenters. The van der Waals surface area contributed by atoms with Crippen LogP contribution in [0.4, 0.5) is 0 Å². The van der Waals surface area contributed by atoms with Crippen molar-refractivity contribution in [2.24, 2.45) is 5.92 Å². The second kappa shape index (κ2) is 6.98. The van der Waals surface area contributed by atoms with Crippen LogP contribution in [0.5, 0.6) is 0 Å². The van der Waals surface area contributed by atoms with Crippen LogP contribution in [-0.4, -0.2) is 36.6 Å². The zero-order valence-electron chi connectivity index (χ0n) is 11.6. The van der Waals surface area contributed by atoms with E-state index in [0.29, 0.717) is 0 Å². The van der Waals surface area contributed by atoms with Crippen LogP contribution in [0.3, 0.4) is 0 Å². The minimum Gasteiger partial charge on any atom is -0.303 e. The van der Waals surface area contributed by atoms with Gasteiger partial charge in [-0.1, -0.05) is 13.8 Å². The van der Waals surface area contributed by atoms with Crippen LogP contribution in [0.2, 0.25) is 0 Å².